The van der Waals surface area contributed by atoms with Crippen molar-refractivity contribution < 1.29 is 4.79 Å². The number of carbonyl (C=O) groups is 1. The molecule has 1 aliphatic carbocycles. The van der Waals surface area contributed by atoms with Crippen LogP contribution < -0.4 is 5.73 Å². The minimum Gasteiger partial charge on any atom is -0.325 e. The second-order valence-electron chi connectivity index (χ2n) is 3.37. The molecule has 0 atom stereocenters. The summed E-state index contributed by atoms with van der Waals surface area (Å²) in [5.74, 6) is 0.204. The molecule has 0 radical (unpaired) electrons. The molecule has 1 aromatic heterocycles. The highest BCUT2D eigenvalue weighted by atomic mass is 16.1. The molecule has 4 nitrogen and oxygen atoms in total. The number of ketones is 1. The van der Waals surface area contributed by atoms with Crippen molar-refractivity contribution in [3.8, 4) is 0 Å². The lowest BCUT2D eigenvalue weighted by Gasteiger charge is -2.08. The standard InChI is InChI=1S/C9H13N3O/c1-12-7(5-10)9-6(11-12)3-2-4-8(9)13/h2-5,10H2,1H3. The first-order valence-corrected chi connectivity index (χ1v) is 4.52. The molecule has 13 heavy (non-hydrogen) atoms. The number of fused-ring (bicyclic) bond motifs is 1. The van der Waals surface area contributed by atoms with Crippen molar-refractivity contribution in [3.63, 3.8) is 0 Å². The van der Waals surface area contributed by atoms with Crippen molar-refractivity contribution in [3.05, 3.63) is 17.0 Å². The predicted octanol–water partition coefficient (Wildman–Crippen LogP) is 0.398. The van der Waals surface area contributed by atoms with Gasteiger partial charge in [0.05, 0.1) is 17.0 Å². The van der Waals surface area contributed by atoms with Gasteiger partial charge in [0.2, 0.25) is 0 Å². The van der Waals surface area contributed by atoms with Gasteiger partial charge in [-0.25, -0.2) is 0 Å². The highest BCUT2D eigenvalue weighted by molar-refractivity contribution is 5.99. The van der Waals surface area contributed by atoms with Crippen molar-refractivity contribution in [1.29, 1.82) is 0 Å². The zero-order valence-corrected chi connectivity index (χ0v) is 7.71. The van der Waals surface area contributed by atoms with Crippen molar-refractivity contribution in [2.75, 3.05) is 0 Å². The number of hydrogen-bond acceptors (Lipinski definition) is 3. The Morgan fingerprint density at radius 1 is 1.54 bits per heavy atom. The molecule has 0 aromatic carbocycles. The fraction of sp³-hybridized carbons (Fsp3) is 0.556. The number of nitrogens with two attached hydrogens (primary N) is 1. The first-order chi connectivity index (χ1) is 6.24. The van der Waals surface area contributed by atoms with Crippen LogP contribution in [0.3, 0.4) is 0 Å². The third-order valence-electron chi connectivity index (χ3n) is 2.53. The summed E-state index contributed by atoms with van der Waals surface area (Å²) >= 11 is 0. The highest BCUT2D eigenvalue weighted by Gasteiger charge is 2.24. The van der Waals surface area contributed by atoms with Crippen LogP contribution in [0.5, 0.6) is 0 Å². The van der Waals surface area contributed by atoms with E-state index in [2.05, 4.69) is 5.10 Å². The Kier molecular flexibility index (Phi) is 1.92. The molecule has 1 aliphatic rings. The van der Waals surface area contributed by atoms with E-state index in [-0.39, 0.29) is 5.78 Å². The molecule has 0 bridgehead atoms. The summed E-state index contributed by atoms with van der Waals surface area (Å²) in [5.41, 5.74) is 8.16. The normalized spacial score (nSPS) is 16.0. The van der Waals surface area contributed by atoms with Gasteiger partial charge < -0.3 is 5.73 Å². The molecular weight excluding hydrogens is 166 g/mol. The molecular formula is C9H13N3O. The van der Waals surface area contributed by atoms with Gasteiger partial charge in [-0.1, -0.05) is 0 Å². The van der Waals surface area contributed by atoms with Crippen LogP contribution in [0.15, 0.2) is 0 Å². The Hall–Kier alpha value is -1.16. The number of rotatable bonds is 1. The van der Waals surface area contributed by atoms with Crippen LogP contribution in [0, 0.1) is 0 Å². The van der Waals surface area contributed by atoms with E-state index in [4.69, 9.17) is 5.73 Å². The van der Waals surface area contributed by atoms with Crippen LogP contribution in [0.2, 0.25) is 0 Å². The summed E-state index contributed by atoms with van der Waals surface area (Å²) in [6, 6.07) is 0. The quantitative estimate of drug-likeness (QED) is 0.678. The smallest absolute Gasteiger partial charge is 0.166 e. The van der Waals surface area contributed by atoms with Crippen LogP contribution >= 0.6 is 0 Å². The Bertz CT molecular complexity index is 354. The molecule has 2 N–H and O–H groups in total. The van der Waals surface area contributed by atoms with Gasteiger partial charge in [0.1, 0.15) is 0 Å². The zero-order chi connectivity index (χ0) is 9.42. The first-order valence-electron chi connectivity index (χ1n) is 4.52. The third-order valence-corrected chi connectivity index (χ3v) is 2.53. The molecule has 0 spiro atoms. The molecule has 0 unspecified atom stereocenters. The van der Waals surface area contributed by atoms with E-state index < -0.39 is 0 Å². The molecule has 0 aliphatic heterocycles. The summed E-state index contributed by atoms with van der Waals surface area (Å²) in [6.07, 6.45) is 2.48. The van der Waals surface area contributed by atoms with Gasteiger partial charge in [-0.15, -0.1) is 0 Å². The van der Waals surface area contributed by atoms with Crippen LogP contribution in [0.1, 0.15) is 34.6 Å². The van der Waals surface area contributed by atoms with Gasteiger partial charge >= 0.3 is 0 Å². The minimum absolute atomic E-state index is 0.204. The third kappa shape index (κ3) is 1.18. The van der Waals surface area contributed by atoms with E-state index in [1.807, 2.05) is 7.05 Å². The summed E-state index contributed by atoms with van der Waals surface area (Å²) < 4.78 is 1.73. The van der Waals surface area contributed by atoms with Gasteiger partial charge in [-0.2, -0.15) is 5.10 Å². The molecule has 4 heteroatoms. The number of hydrogen-bond donors (Lipinski definition) is 1. The topological polar surface area (TPSA) is 60.9 Å². The van der Waals surface area contributed by atoms with E-state index in [0.29, 0.717) is 13.0 Å². The average Bonchev–Trinajstić information content (AvgIpc) is 2.42. The van der Waals surface area contributed by atoms with Gasteiger partial charge in [0, 0.05) is 20.0 Å². The maximum atomic E-state index is 11.6. The summed E-state index contributed by atoms with van der Waals surface area (Å²) in [6.45, 7) is 0.393. The van der Waals surface area contributed by atoms with E-state index in [1.165, 1.54) is 0 Å². The number of nitrogens with zero attached hydrogens (tertiary/aromatic N) is 2. The van der Waals surface area contributed by atoms with Crippen molar-refractivity contribution >= 4 is 5.78 Å². The molecule has 1 aromatic rings. The monoisotopic (exact) mass is 179 g/mol. The first kappa shape index (κ1) is 8.44. The Labute approximate surface area is 76.7 Å². The van der Waals surface area contributed by atoms with E-state index in [0.717, 1.165) is 29.8 Å². The Balaban J connectivity index is 2.58. The number of Topliss-reactive ketones (excluding diaryl/α,β-unsaturated/α-hetero) is 1. The Morgan fingerprint density at radius 3 is 3.00 bits per heavy atom. The fourth-order valence-electron chi connectivity index (χ4n) is 1.89. The molecule has 70 valence electrons. The SMILES string of the molecule is Cn1nc2c(c1CN)C(=O)CCC2. The van der Waals surface area contributed by atoms with E-state index in [1.54, 1.807) is 4.68 Å². The van der Waals surface area contributed by atoms with Crippen molar-refractivity contribution in [2.24, 2.45) is 12.8 Å². The van der Waals surface area contributed by atoms with Gasteiger partial charge in [0.15, 0.2) is 5.78 Å². The van der Waals surface area contributed by atoms with Crippen LogP contribution in [0.25, 0.3) is 0 Å². The van der Waals surface area contributed by atoms with Crippen LogP contribution in [-0.2, 0) is 20.0 Å². The minimum atomic E-state index is 0.204. The second-order valence-corrected chi connectivity index (χ2v) is 3.37. The molecule has 2 rings (SSSR count). The number of aryl methyl sites for hydroxylation is 2. The predicted molar refractivity (Wildman–Crippen MR) is 48.4 cm³/mol. The van der Waals surface area contributed by atoms with Crippen molar-refractivity contribution in [1.82, 2.24) is 9.78 Å². The maximum Gasteiger partial charge on any atom is 0.166 e. The lowest BCUT2D eigenvalue weighted by atomic mass is 9.94. The van der Waals surface area contributed by atoms with E-state index in [9.17, 15) is 4.79 Å². The molecule has 0 amide bonds. The largest absolute Gasteiger partial charge is 0.325 e. The van der Waals surface area contributed by atoms with Crippen LogP contribution in [-0.4, -0.2) is 15.6 Å². The molecule has 0 fully saturated rings. The average molecular weight is 179 g/mol. The summed E-state index contributed by atoms with van der Waals surface area (Å²) in [4.78, 5) is 11.6. The van der Waals surface area contributed by atoms with Gasteiger partial charge in [-0.3, -0.25) is 9.48 Å². The number of carbonyl (C=O) groups excluding carboxylic acids is 1. The van der Waals surface area contributed by atoms with Crippen LogP contribution in [0.4, 0.5) is 0 Å². The summed E-state index contributed by atoms with van der Waals surface area (Å²) in [7, 11) is 1.84. The molecule has 0 saturated heterocycles. The fourth-order valence-corrected chi connectivity index (χ4v) is 1.89. The van der Waals surface area contributed by atoms with Crippen molar-refractivity contribution in [2.45, 2.75) is 25.8 Å². The zero-order valence-electron chi connectivity index (χ0n) is 7.71. The van der Waals surface area contributed by atoms with Gasteiger partial charge in [0.25, 0.3) is 0 Å². The Morgan fingerprint density at radius 2 is 2.31 bits per heavy atom. The second kappa shape index (κ2) is 2.96. The molecule has 1 heterocycles. The lowest BCUT2D eigenvalue weighted by molar-refractivity contribution is 0.0971. The molecule has 0 saturated carbocycles. The highest BCUT2D eigenvalue weighted by Crippen LogP contribution is 2.23. The van der Waals surface area contributed by atoms with E-state index >= 15 is 0 Å². The summed E-state index contributed by atoms with van der Waals surface area (Å²) in [5, 5.41) is 4.29. The lowest BCUT2D eigenvalue weighted by Crippen LogP contribution is -2.13. The van der Waals surface area contributed by atoms with Gasteiger partial charge in [-0.05, 0) is 12.8 Å². The number of aromatic nitrogens is 2. The maximum absolute atomic E-state index is 11.6.